The van der Waals surface area contributed by atoms with Crippen LogP contribution in [0.25, 0.3) is 0 Å². The van der Waals surface area contributed by atoms with Gasteiger partial charge in [-0.05, 0) is 29.8 Å². The summed E-state index contributed by atoms with van der Waals surface area (Å²) in [6.45, 7) is 2.86. The second kappa shape index (κ2) is 7.67. The minimum atomic E-state index is -0.815. The number of aliphatic hydroxyl groups is 1. The van der Waals surface area contributed by atoms with Crippen LogP contribution in [-0.2, 0) is 9.59 Å². The SMILES string of the molecule is COc1cc([C@@H]2COc3cc(OC(C)=O)ccc3[C@H]2O)ccc1OC(C)=O. The molecule has 0 aromatic heterocycles. The first kappa shape index (κ1) is 18.7. The van der Waals surface area contributed by atoms with E-state index in [0.717, 1.165) is 5.56 Å². The van der Waals surface area contributed by atoms with Gasteiger partial charge < -0.3 is 24.1 Å². The minimum absolute atomic E-state index is 0.230. The lowest BCUT2D eigenvalue weighted by Crippen LogP contribution is -2.24. The average Bonchev–Trinajstić information content (AvgIpc) is 2.61. The van der Waals surface area contributed by atoms with E-state index in [1.807, 2.05) is 0 Å². The number of aliphatic hydroxyl groups excluding tert-OH is 1. The molecule has 0 fully saturated rings. The molecule has 0 radical (unpaired) electrons. The summed E-state index contributed by atoms with van der Waals surface area (Å²) >= 11 is 0. The first-order valence-electron chi connectivity index (χ1n) is 8.38. The van der Waals surface area contributed by atoms with Gasteiger partial charge in [-0.2, -0.15) is 0 Å². The summed E-state index contributed by atoms with van der Waals surface area (Å²) in [6, 6.07) is 9.97. The van der Waals surface area contributed by atoms with E-state index in [9.17, 15) is 14.7 Å². The average molecular weight is 372 g/mol. The maximum atomic E-state index is 11.2. The molecule has 2 atom stereocenters. The Morgan fingerprint density at radius 2 is 1.78 bits per heavy atom. The largest absolute Gasteiger partial charge is 0.493 e. The summed E-state index contributed by atoms with van der Waals surface area (Å²) in [5, 5.41) is 10.8. The quantitative estimate of drug-likeness (QED) is 0.652. The van der Waals surface area contributed by atoms with Crippen molar-refractivity contribution in [2.45, 2.75) is 25.9 Å². The second-order valence-electron chi connectivity index (χ2n) is 6.16. The van der Waals surface area contributed by atoms with Crippen LogP contribution in [0.4, 0.5) is 0 Å². The number of esters is 2. The summed E-state index contributed by atoms with van der Waals surface area (Å²) in [5.74, 6) is 0.332. The first-order chi connectivity index (χ1) is 12.9. The molecular weight excluding hydrogens is 352 g/mol. The third kappa shape index (κ3) is 4.03. The number of ether oxygens (including phenoxy) is 4. The number of methoxy groups -OCH3 is 1. The fourth-order valence-corrected chi connectivity index (χ4v) is 3.03. The van der Waals surface area contributed by atoms with Gasteiger partial charge in [-0.15, -0.1) is 0 Å². The van der Waals surface area contributed by atoms with Gasteiger partial charge >= 0.3 is 11.9 Å². The molecule has 3 rings (SSSR count). The lowest BCUT2D eigenvalue weighted by Gasteiger charge is -2.31. The lowest BCUT2D eigenvalue weighted by molar-refractivity contribution is -0.132. The van der Waals surface area contributed by atoms with Gasteiger partial charge in [-0.1, -0.05) is 6.07 Å². The molecule has 1 heterocycles. The zero-order valence-electron chi connectivity index (χ0n) is 15.2. The van der Waals surface area contributed by atoms with Crippen LogP contribution in [-0.4, -0.2) is 30.8 Å². The third-order valence-corrected chi connectivity index (χ3v) is 4.23. The number of hydrogen-bond acceptors (Lipinski definition) is 7. The van der Waals surface area contributed by atoms with Crippen LogP contribution in [0.1, 0.15) is 37.0 Å². The van der Waals surface area contributed by atoms with Crippen LogP contribution in [0.5, 0.6) is 23.0 Å². The Morgan fingerprint density at radius 3 is 2.44 bits per heavy atom. The molecule has 7 heteroatoms. The highest BCUT2D eigenvalue weighted by atomic mass is 16.6. The number of hydrogen-bond donors (Lipinski definition) is 1. The molecule has 142 valence electrons. The molecule has 0 aliphatic carbocycles. The predicted octanol–water partition coefficient (Wildman–Crippen LogP) is 2.76. The van der Waals surface area contributed by atoms with E-state index in [2.05, 4.69) is 0 Å². The zero-order chi connectivity index (χ0) is 19.6. The van der Waals surface area contributed by atoms with E-state index in [4.69, 9.17) is 18.9 Å². The van der Waals surface area contributed by atoms with Crippen LogP contribution in [0.3, 0.4) is 0 Å². The van der Waals surface area contributed by atoms with Crippen LogP contribution in [0, 0.1) is 0 Å². The van der Waals surface area contributed by atoms with Crippen LogP contribution >= 0.6 is 0 Å². The van der Waals surface area contributed by atoms with E-state index in [1.165, 1.54) is 21.0 Å². The molecule has 0 bridgehead atoms. The lowest BCUT2D eigenvalue weighted by atomic mass is 9.87. The normalized spacial score (nSPS) is 18.1. The van der Waals surface area contributed by atoms with Crippen molar-refractivity contribution in [2.24, 2.45) is 0 Å². The van der Waals surface area contributed by atoms with Crippen molar-refractivity contribution < 1.29 is 33.6 Å². The summed E-state index contributed by atoms with van der Waals surface area (Å²) in [5.41, 5.74) is 1.38. The van der Waals surface area contributed by atoms with Crippen molar-refractivity contribution in [2.75, 3.05) is 13.7 Å². The molecule has 0 saturated carbocycles. The molecule has 1 aliphatic heterocycles. The van der Waals surface area contributed by atoms with E-state index in [0.29, 0.717) is 28.6 Å². The summed E-state index contributed by atoms with van der Waals surface area (Å²) in [6.07, 6.45) is -0.815. The third-order valence-electron chi connectivity index (χ3n) is 4.23. The number of carbonyl (C=O) groups excluding carboxylic acids is 2. The Balaban J connectivity index is 1.87. The summed E-state index contributed by atoms with van der Waals surface area (Å²) in [4.78, 5) is 22.3. The van der Waals surface area contributed by atoms with Gasteiger partial charge in [0.15, 0.2) is 11.5 Å². The van der Waals surface area contributed by atoms with E-state index in [-0.39, 0.29) is 12.5 Å². The monoisotopic (exact) mass is 372 g/mol. The van der Waals surface area contributed by atoms with Crippen molar-refractivity contribution in [1.29, 1.82) is 0 Å². The van der Waals surface area contributed by atoms with Crippen LogP contribution in [0.15, 0.2) is 36.4 Å². The molecule has 1 aliphatic rings. The maximum absolute atomic E-state index is 11.2. The van der Waals surface area contributed by atoms with Crippen LogP contribution < -0.4 is 18.9 Å². The number of fused-ring (bicyclic) bond motifs is 1. The van der Waals surface area contributed by atoms with Gasteiger partial charge in [0.1, 0.15) is 11.5 Å². The first-order valence-corrected chi connectivity index (χ1v) is 8.38. The molecule has 0 amide bonds. The molecule has 2 aromatic carbocycles. The molecule has 27 heavy (non-hydrogen) atoms. The highest BCUT2D eigenvalue weighted by molar-refractivity contribution is 5.70. The Labute approximate surface area is 156 Å². The van der Waals surface area contributed by atoms with Crippen molar-refractivity contribution in [3.05, 3.63) is 47.5 Å². The number of carbonyl (C=O) groups is 2. The minimum Gasteiger partial charge on any atom is -0.493 e. The molecule has 7 nitrogen and oxygen atoms in total. The van der Waals surface area contributed by atoms with Crippen molar-refractivity contribution in [3.63, 3.8) is 0 Å². The summed E-state index contributed by atoms with van der Waals surface area (Å²) < 4.78 is 21.2. The predicted molar refractivity (Wildman–Crippen MR) is 95.2 cm³/mol. The van der Waals surface area contributed by atoms with Crippen molar-refractivity contribution >= 4 is 11.9 Å². The fourth-order valence-electron chi connectivity index (χ4n) is 3.03. The van der Waals surface area contributed by atoms with E-state index in [1.54, 1.807) is 36.4 Å². The highest BCUT2D eigenvalue weighted by Gasteiger charge is 2.31. The van der Waals surface area contributed by atoms with Gasteiger partial charge in [0, 0.05) is 31.4 Å². The van der Waals surface area contributed by atoms with Crippen LogP contribution in [0.2, 0.25) is 0 Å². The molecule has 2 aromatic rings. The van der Waals surface area contributed by atoms with E-state index < -0.39 is 18.0 Å². The number of benzene rings is 2. The topological polar surface area (TPSA) is 91.3 Å². The van der Waals surface area contributed by atoms with Crippen molar-refractivity contribution in [1.82, 2.24) is 0 Å². The zero-order valence-corrected chi connectivity index (χ0v) is 15.2. The van der Waals surface area contributed by atoms with Gasteiger partial charge in [0.2, 0.25) is 0 Å². The molecule has 0 unspecified atom stereocenters. The number of rotatable bonds is 4. The molecule has 1 N–H and O–H groups in total. The Hall–Kier alpha value is -3.06. The van der Waals surface area contributed by atoms with E-state index >= 15 is 0 Å². The highest BCUT2D eigenvalue weighted by Crippen LogP contribution is 2.43. The van der Waals surface area contributed by atoms with Gasteiger partial charge in [-0.25, -0.2) is 0 Å². The Morgan fingerprint density at radius 1 is 1.04 bits per heavy atom. The van der Waals surface area contributed by atoms with Gasteiger partial charge in [0.05, 0.1) is 19.8 Å². The second-order valence-corrected chi connectivity index (χ2v) is 6.16. The molecule has 0 spiro atoms. The smallest absolute Gasteiger partial charge is 0.308 e. The maximum Gasteiger partial charge on any atom is 0.308 e. The fraction of sp³-hybridized carbons (Fsp3) is 0.300. The van der Waals surface area contributed by atoms with Crippen molar-refractivity contribution in [3.8, 4) is 23.0 Å². The summed E-state index contributed by atoms with van der Waals surface area (Å²) in [7, 11) is 1.48. The Bertz CT molecular complexity index is 875. The van der Waals surface area contributed by atoms with Gasteiger partial charge in [-0.3, -0.25) is 9.59 Å². The standard InChI is InChI=1S/C20H20O7/c1-11(21)26-14-5-6-15-18(9-14)25-10-16(20(15)23)13-4-7-17(27-12(2)22)19(8-13)24-3/h4-9,16,20,23H,10H2,1-3H3/t16-,20+/m0/s1. The van der Waals surface area contributed by atoms with Gasteiger partial charge in [0.25, 0.3) is 0 Å². The molecular formula is C20H20O7. The Kier molecular flexibility index (Phi) is 5.32. The molecule has 0 saturated heterocycles.